The molecule has 1 aromatic carbocycles. The van der Waals surface area contributed by atoms with Gasteiger partial charge < -0.3 is 9.72 Å². The average molecular weight is 276 g/mol. The van der Waals surface area contributed by atoms with Crippen molar-refractivity contribution in [3.63, 3.8) is 0 Å². The van der Waals surface area contributed by atoms with E-state index in [0.29, 0.717) is 22.0 Å². The fraction of sp³-hybridized carbons (Fsp3) is 0.0769. The molecule has 0 aliphatic carbocycles. The van der Waals surface area contributed by atoms with Crippen molar-refractivity contribution in [2.24, 2.45) is 0 Å². The molecule has 6 heteroatoms. The molecule has 0 unspecified atom stereocenters. The Kier molecular flexibility index (Phi) is 2.76. The first-order valence-corrected chi connectivity index (χ1v) is 5.97. The van der Waals surface area contributed by atoms with Gasteiger partial charge in [0.05, 0.1) is 35.1 Å². The first-order chi connectivity index (χ1) is 9.20. The molecule has 19 heavy (non-hydrogen) atoms. The van der Waals surface area contributed by atoms with Crippen molar-refractivity contribution in [3.05, 3.63) is 52.2 Å². The molecular formula is C13H10ClN3O2. The summed E-state index contributed by atoms with van der Waals surface area (Å²) in [6.45, 7) is 0. The number of nitrogens with zero attached hydrogens (tertiary/aromatic N) is 2. The van der Waals surface area contributed by atoms with E-state index in [1.165, 1.54) is 4.57 Å². The van der Waals surface area contributed by atoms with Crippen LogP contribution in [0.4, 0.5) is 0 Å². The zero-order chi connectivity index (χ0) is 13.4. The van der Waals surface area contributed by atoms with E-state index < -0.39 is 0 Å². The number of fused-ring (bicyclic) bond motifs is 1. The zero-order valence-corrected chi connectivity index (χ0v) is 10.8. The molecule has 96 valence electrons. The maximum absolute atomic E-state index is 12.1. The van der Waals surface area contributed by atoms with Crippen molar-refractivity contribution in [2.45, 2.75) is 0 Å². The van der Waals surface area contributed by atoms with Crippen LogP contribution in [0.15, 0.2) is 41.5 Å². The third kappa shape index (κ3) is 1.88. The van der Waals surface area contributed by atoms with Crippen molar-refractivity contribution in [2.75, 3.05) is 7.11 Å². The van der Waals surface area contributed by atoms with Crippen molar-refractivity contribution < 1.29 is 4.74 Å². The Bertz CT molecular complexity index is 807. The summed E-state index contributed by atoms with van der Waals surface area (Å²) in [6, 6.07) is 6.91. The summed E-state index contributed by atoms with van der Waals surface area (Å²) in [5.74, 6) is 0.634. The molecule has 0 saturated carbocycles. The molecule has 3 aromatic rings. The van der Waals surface area contributed by atoms with Crippen LogP contribution in [0.2, 0.25) is 5.02 Å². The van der Waals surface area contributed by atoms with Crippen LogP contribution >= 0.6 is 11.6 Å². The summed E-state index contributed by atoms with van der Waals surface area (Å²) in [7, 11) is 1.56. The van der Waals surface area contributed by atoms with Crippen LogP contribution in [-0.4, -0.2) is 21.6 Å². The second-order valence-corrected chi connectivity index (χ2v) is 4.38. The molecule has 0 aliphatic heterocycles. The smallest absolute Gasteiger partial charge is 0.331 e. The lowest BCUT2D eigenvalue weighted by molar-refractivity contribution is 0.414. The van der Waals surface area contributed by atoms with Gasteiger partial charge in [-0.3, -0.25) is 9.55 Å². The normalized spacial score (nSPS) is 10.8. The lowest BCUT2D eigenvalue weighted by atomic mass is 10.3. The van der Waals surface area contributed by atoms with Crippen LogP contribution in [0.3, 0.4) is 0 Å². The predicted molar refractivity (Wildman–Crippen MR) is 73.3 cm³/mol. The van der Waals surface area contributed by atoms with E-state index in [1.807, 2.05) is 0 Å². The minimum atomic E-state index is -0.266. The zero-order valence-electron chi connectivity index (χ0n) is 10.1. The van der Waals surface area contributed by atoms with E-state index in [-0.39, 0.29) is 5.69 Å². The summed E-state index contributed by atoms with van der Waals surface area (Å²) >= 11 is 6.17. The maximum atomic E-state index is 12.1. The number of methoxy groups -OCH3 is 1. The van der Waals surface area contributed by atoms with Gasteiger partial charge in [-0.15, -0.1) is 0 Å². The van der Waals surface area contributed by atoms with Crippen molar-refractivity contribution in [1.29, 1.82) is 0 Å². The topological polar surface area (TPSA) is 59.9 Å². The summed E-state index contributed by atoms with van der Waals surface area (Å²) < 4.78 is 6.67. The highest BCUT2D eigenvalue weighted by Gasteiger charge is 2.12. The van der Waals surface area contributed by atoms with Gasteiger partial charge in [-0.1, -0.05) is 11.6 Å². The van der Waals surface area contributed by atoms with E-state index in [2.05, 4.69) is 9.97 Å². The summed E-state index contributed by atoms with van der Waals surface area (Å²) in [6.07, 6.45) is 3.22. The minimum absolute atomic E-state index is 0.266. The van der Waals surface area contributed by atoms with Gasteiger partial charge in [0.1, 0.15) is 5.75 Å². The highest BCUT2D eigenvalue weighted by atomic mass is 35.5. The Labute approximate surface area is 113 Å². The molecule has 0 aliphatic rings. The molecule has 2 heterocycles. The predicted octanol–water partition coefficient (Wildman–Crippen LogP) is 2.38. The first kappa shape index (κ1) is 11.8. The highest BCUT2D eigenvalue weighted by Crippen LogP contribution is 2.26. The van der Waals surface area contributed by atoms with Gasteiger partial charge in [0.15, 0.2) is 0 Å². The Morgan fingerprint density at radius 2 is 2.21 bits per heavy atom. The molecule has 0 atom stereocenters. The van der Waals surface area contributed by atoms with Crippen LogP contribution in [0, 0.1) is 0 Å². The first-order valence-electron chi connectivity index (χ1n) is 5.59. The molecule has 0 spiro atoms. The Balaban J connectivity index is 2.36. The van der Waals surface area contributed by atoms with Gasteiger partial charge in [-0.2, -0.15) is 0 Å². The number of benzene rings is 1. The van der Waals surface area contributed by atoms with Crippen LogP contribution in [0.1, 0.15) is 0 Å². The molecule has 2 aromatic heterocycles. The number of aromatic amines is 1. The number of halogens is 1. The number of hydrogen-bond donors (Lipinski definition) is 1. The molecule has 0 bridgehead atoms. The van der Waals surface area contributed by atoms with Gasteiger partial charge in [-0.25, -0.2) is 4.79 Å². The molecule has 3 rings (SSSR count). The van der Waals surface area contributed by atoms with E-state index >= 15 is 0 Å². The van der Waals surface area contributed by atoms with Crippen LogP contribution < -0.4 is 10.4 Å². The van der Waals surface area contributed by atoms with Crippen molar-refractivity contribution >= 4 is 22.6 Å². The molecule has 0 saturated heterocycles. The molecule has 0 fully saturated rings. The van der Waals surface area contributed by atoms with E-state index in [0.717, 1.165) is 5.52 Å². The number of aromatic nitrogens is 3. The van der Waals surface area contributed by atoms with Crippen LogP contribution in [0.25, 0.3) is 16.7 Å². The summed E-state index contributed by atoms with van der Waals surface area (Å²) in [5.41, 5.74) is 1.68. The molecular weight excluding hydrogens is 266 g/mol. The molecule has 0 radical (unpaired) electrons. The SMILES string of the molecule is COc1ccc(Cl)c(-n2c(=O)[nH]c3cnccc32)c1. The van der Waals surface area contributed by atoms with Crippen LogP contribution in [-0.2, 0) is 0 Å². The fourth-order valence-electron chi connectivity index (χ4n) is 1.99. The standard InChI is InChI=1S/C13H10ClN3O2/c1-19-8-2-3-9(14)12(6-8)17-11-4-5-15-7-10(11)16-13(17)18/h2-7H,1H3,(H,16,18). The number of rotatable bonds is 2. The number of ether oxygens (including phenoxy) is 1. The quantitative estimate of drug-likeness (QED) is 0.781. The lowest BCUT2D eigenvalue weighted by Crippen LogP contribution is -2.15. The number of H-pyrrole nitrogens is 1. The third-order valence-corrected chi connectivity index (χ3v) is 3.20. The van der Waals surface area contributed by atoms with Crippen LogP contribution in [0.5, 0.6) is 5.75 Å². The molecule has 5 nitrogen and oxygen atoms in total. The summed E-state index contributed by atoms with van der Waals surface area (Å²) in [5, 5.41) is 0.473. The number of pyridine rings is 1. The lowest BCUT2D eigenvalue weighted by Gasteiger charge is -2.08. The Morgan fingerprint density at radius 1 is 1.37 bits per heavy atom. The second-order valence-electron chi connectivity index (χ2n) is 3.98. The minimum Gasteiger partial charge on any atom is -0.497 e. The molecule has 0 amide bonds. The highest BCUT2D eigenvalue weighted by molar-refractivity contribution is 6.32. The Morgan fingerprint density at radius 3 is 3.00 bits per heavy atom. The number of imidazole rings is 1. The van der Waals surface area contributed by atoms with Crippen molar-refractivity contribution in [3.8, 4) is 11.4 Å². The van der Waals surface area contributed by atoms with E-state index in [1.54, 1.807) is 43.8 Å². The number of hydrogen-bond acceptors (Lipinski definition) is 3. The van der Waals surface area contributed by atoms with Gasteiger partial charge in [0, 0.05) is 12.3 Å². The second kappa shape index (κ2) is 4.44. The fourth-order valence-corrected chi connectivity index (χ4v) is 2.19. The largest absolute Gasteiger partial charge is 0.497 e. The molecule has 1 N–H and O–H groups in total. The monoisotopic (exact) mass is 275 g/mol. The average Bonchev–Trinajstić information content (AvgIpc) is 2.75. The van der Waals surface area contributed by atoms with Gasteiger partial charge in [0.2, 0.25) is 0 Å². The number of nitrogens with one attached hydrogen (secondary N) is 1. The van der Waals surface area contributed by atoms with Gasteiger partial charge in [-0.05, 0) is 18.2 Å². The van der Waals surface area contributed by atoms with Gasteiger partial charge >= 0.3 is 5.69 Å². The Hall–Kier alpha value is -2.27. The van der Waals surface area contributed by atoms with E-state index in [9.17, 15) is 4.79 Å². The van der Waals surface area contributed by atoms with E-state index in [4.69, 9.17) is 16.3 Å². The summed E-state index contributed by atoms with van der Waals surface area (Å²) in [4.78, 5) is 18.8. The van der Waals surface area contributed by atoms with Gasteiger partial charge in [0.25, 0.3) is 0 Å². The third-order valence-electron chi connectivity index (χ3n) is 2.88. The maximum Gasteiger partial charge on any atom is 0.331 e. The van der Waals surface area contributed by atoms with Crippen molar-refractivity contribution in [1.82, 2.24) is 14.5 Å².